The van der Waals surface area contributed by atoms with E-state index in [0.717, 1.165) is 0 Å². The molecular formula is C10H13N5O3S. The molecule has 0 radical (unpaired) electrons. The summed E-state index contributed by atoms with van der Waals surface area (Å²) in [5, 5.41) is 6.40. The van der Waals surface area contributed by atoms with Crippen molar-refractivity contribution in [2.24, 2.45) is 0 Å². The van der Waals surface area contributed by atoms with E-state index >= 15 is 0 Å². The van der Waals surface area contributed by atoms with Gasteiger partial charge in [-0.2, -0.15) is 4.98 Å². The Kier molecular flexibility index (Phi) is 4.07. The van der Waals surface area contributed by atoms with Gasteiger partial charge in [-0.15, -0.1) is 0 Å². The van der Waals surface area contributed by atoms with Gasteiger partial charge in [-0.1, -0.05) is 5.16 Å². The number of nitrogens with zero attached hydrogens (tertiary/aromatic N) is 3. The molecule has 0 spiro atoms. The standard InChI is InChI=1S/C10H13N5O3S/c1-11-9-3-2-8(6-12-9)19(16,17)14-5-4-10-13-7-18-15-10/h2-3,6-7,14H,4-5H2,1H3,(H,11,12). The molecular weight excluding hydrogens is 270 g/mol. The topological polar surface area (TPSA) is 110 Å². The zero-order valence-corrected chi connectivity index (χ0v) is 11.0. The minimum absolute atomic E-state index is 0.111. The lowest BCUT2D eigenvalue weighted by molar-refractivity contribution is 0.410. The van der Waals surface area contributed by atoms with Crippen LogP contribution in [-0.4, -0.2) is 37.1 Å². The van der Waals surface area contributed by atoms with Gasteiger partial charge in [-0.3, -0.25) is 0 Å². The second-order valence-electron chi connectivity index (χ2n) is 3.62. The second kappa shape index (κ2) is 5.76. The lowest BCUT2D eigenvalue weighted by Crippen LogP contribution is -2.26. The highest BCUT2D eigenvalue weighted by molar-refractivity contribution is 7.89. The molecule has 9 heteroatoms. The van der Waals surface area contributed by atoms with Crippen molar-refractivity contribution in [2.75, 3.05) is 18.9 Å². The van der Waals surface area contributed by atoms with Gasteiger partial charge in [0.1, 0.15) is 10.7 Å². The largest absolute Gasteiger partial charge is 0.373 e. The molecule has 2 rings (SSSR count). The Hall–Kier alpha value is -2.00. The average Bonchev–Trinajstić information content (AvgIpc) is 2.92. The highest BCUT2D eigenvalue weighted by Gasteiger charge is 2.14. The van der Waals surface area contributed by atoms with Crippen LogP contribution >= 0.6 is 0 Å². The molecule has 0 amide bonds. The van der Waals surface area contributed by atoms with Crippen LogP contribution in [0.1, 0.15) is 5.82 Å². The Balaban J connectivity index is 1.97. The second-order valence-corrected chi connectivity index (χ2v) is 5.39. The summed E-state index contributed by atoms with van der Waals surface area (Å²) in [6.45, 7) is 0.190. The molecule has 0 aliphatic carbocycles. The van der Waals surface area contributed by atoms with Crippen LogP contribution < -0.4 is 10.0 Å². The molecule has 102 valence electrons. The highest BCUT2D eigenvalue weighted by atomic mass is 32.2. The Labute approximate surface area is 110 Å². The fourth-order valence-electron chi connectivity index (χ4n) is 1.37. The van der Waals surface area contributed by atoms with Gasteiger partial charge in [0.15, 0.2) is 5.82 Å². The van der Waals surface area contributed by atoms with Gasteiger partial charge in [-0.25, -0.2) is 18.1 Å². The third kappa shape index (κ3) is 3.48. The van der Waals surface area contributed by atoms with Gasteiger partial charge in [0.25, 0.3) is 0 Å². The SMILES string of the molecule is CNc1ccc(S(=O)(=O)NCCc2ncon2)cn1. The summed E-state index contributed by atoms with van der Waals surface area (Å²) in [6, 6.07) is 3.07. The van der Waals surface area contributed by atoms with Gasteiger partial charge >= 0.3 is 0 Å². The van der Waals surface area contributed by atoms with E-state index in [1.807, 2.05) is 0 Å². The summed E-state index contributed by atoms with van der Waals surface area (Å²) in [5.41, 5.74) is 0. The highest BCUT2D eigenvalue weighted by Crippen LogP contribution is 2.09. The summed E-state index contributed by atoms with van der Waals surface area (Å²) >= 11 is 0. The van der Waals surface area contributed by atoms with Crippen molar-refractivity contribution in [3.05, 3.63) is 30.5 Å². The Bertz CT molecular complexity index is 609. The lowest BCUT2D eigenvalue weighted by atomic mass is 10.4. The molecule has 0 saturated heterocycles. The van der Waals surface area contributed by atoms with E-state index in [1.54, 1.807) is 13.1 Å². The van der Waals surface area contributed by atoms with Crippen LogP contribution in [0.15, 0.2) is 34.1 Å². The van der Waals surface area contributed by atoms with Crippen LogP contribution in [-0.2, 0) is 16.4 Å². The van der Waals surface area contributed by atoms with Gasteiger partial charge in [-0.05, 0) is 12.1 Å². The first-order valence-corrected chi connectivity index (χ1v) is 6.99. The molecule has 8 nitrogen and oxygen atoms in total. The minimum atomic E-state index is -3.56. The fraction of sp³-hybridized carbons (Fsp3) is 0.300. The molecule has 0 bridgehead atoms. The van der Waals surface area contributed by atoms with Crippen molar-refractivity contribution in [1.29, 1.82) is 0 Å². The molecule has 0 fully saturated rings. The fourth-order valence-corrected chi connectivity index (χ4v) is 2.35. The first-order valence-electron chi connectivity index (χ1n) is 5.50. The molecule has 2 N–H and O–H groups in total. The summed E-state index contributed by atoms with van der Waals surface area (Å²) in [4.78, 5) is 7.86. The molecule has 0 unspecified atom stereocenters. The summed E-state index contributed by atoms with van der Waals surface area (Å²) in [7, 11) is -1.86. The summed E-state index contributed by atoms with van der Waals surface area (Å²) in [6.07, 6.45) is 2.85. The van der Waals surface area contributed by atoms with Crippen LogP contribution in [0.4, 0.5) is 5.82 Å². The van der Waals surface area contributed by atoms with E-state index in [-0.39, 0.29) is 11.4 Å². The van der Waals surface area contributed by atoms with Crippen LogP contribution in [0, 0.1) is 0 Å². The molecule has 0 aliphatic heterocycles. The zero-order chi connectivity index (χ0) is 13.7. The number of aromatic nitrogens is 3. The summed E-state index contributed by atoms with van der Waals surface area (Å²) in [5.74, 6) is 1.05. The lowest BCUT2D eigenvalue weighted by Gasteiger charge is -2.06. The van der Waals surface area contributed by atoms with Crippen LogP contribution in [0.25, 0.3) is 0 Å². The van der Waals surface area contributed by atoms with E-state index in [2.05, 4.69) is 29.7 Å². The minimum Gasteiger partial charge on any atom is -0.373 e. The molecule has 2 aromatic rings. The number of rotatable bonds is 6. The zero-order valence-electron chi connectivity index (χ0n) is 10.2. The van der Waals surface area contributed by atoms with Crippen LogP contribution in [0.3, 0.4) is 0 Å². The summed E-state index contributed by atoms with van der Waals surface area (Å²) < 4.78 is 30.8. The quantitative estimate of drug-likeness (QED) is 0.769. The van der Waals surface area contributed by atoms with Gasteiger partial charge in [0.05, 0.1) is 0 Å². The van der Waals surface area contributed by atoms with Crippen molar-refractivity contribution in [3.63, 3.8) is 0 Å². The van der Waals surface area contributed by atoms with E-state index in [1.165, 1.54) is 18.7 Å². The Morgan fingerprint density at radius 3 is 2.74 bits per heavy atom. The normalized spacial score (nSPS) is 11.4. The van der Waals surface area contributed by atoms with E-state index in [9.17, 15) is 8.42 Å². The van der Waals surface area contributed by atoms with Gasteiger partial charge in [0.2, 0.25) is 16.4 Å². The van der Waals surface area contributed by atoms with E-state index < -0.39 is 10.0 Å². The van der Waals surface area contributed by atoms with Crippen molar-refractivity contribution in [3.8, 4) is 0 Å². The van der Waals surface area contributed by atoms with Gasteiger partial charge < -0.3 is 9.84 Å². The first kappa shape index (κ1) is 13.4. The molecule has 0 atom stereocenters. The molecule has 2 heterocycles. The van der Waals surface area contributed by atoms with Crippen molar-refractivity contribution >= 4 is 15.8 Å². The Morgan fingerprint density at radius 1 is 1.32 bits per heavy atom. The number of anilines is 1. The van der Waals surface area contributed by atoms with Crippen LogP contribution in [0.5, 0.6) is 0 Å². The van der Waals surface area contributed by atoms with Gasteiger partial charge in [0, 0.05) is 26.2 Å². The molecule has 0 aliphatic rings. The van der Waals surface area contributed by atoms with Crippen LogP contribution in [0.2, 0.25) is 0 Å². The average molecular weight is 283 g/mol. The molecule has 0 aromatic carbocycles. The number of hydrogen-bond acceptors (Lipinski definition) is 7. The maximum Gasteiger partial charge on any atom is 0.242 e. The monoisotopic (exact) mass is 283 g/mol. The number of pyridine rings is 1. The maximum atomic E-state index is 11.9. The number of hydrogen-bond donors (Lipinski definition) is 2. The molecule has 19 heavy (non-hydrogen) atoms. The maximum absolute atomic E-state index is 11.9. The predicted molar refractivity (Wildman–Crippen MR) is 67.0 cm³/mol. The predicted octanol–water partition coefficient (Wildman–Crippen LogP) is 0.0273. The molecule has 0 saturated carbocycles. The third-order valence-electron chi connectivity index (χ3n) is 2.35. The van der Waals surface area contributed by atoms with E-state index in [0.29, 0.717) is 18.1 Å². The van der Waals surface area contributed by atoms with Crippen molar-refractivity contribution in [2.45, 2.75) is 11.3 Å². The number of sulfonamides is 1. The smallest absolute Gasteiger partial charge is 0.242 e. The first-order chi connectivity index (χ1) is 9.12. The third-order valence-corrected chi connectivity index (χ3v) is 3.80. The molecule has 2 aromatic heterocycles. The Morgan fingerprint density at radius 2 is 2.16 bits per heavy atom. The number of nitrogens with one attached hydrogen (secondary N) is 2. The van der Waals surface area contributed by atoms with Crippen molar-refractivity contribution < 1.29 is 12.9 Å². The van der Waals surface area contributed by atoms with Crippen molar-refractivity contribution in [1.82, 2.24) is 19.8 Å². The van der Waals surface area contributed by atoms with E-state index in [4.69, 9.17) is 0 Å².